The number of rotatable bonds is 3. The third-order valence-corrected chi connectivity index (χ3v) is 6.68. The minimum absolute atomic E-state index is 0.143. The van der Waals surface area contributed by atoms with Crippen molar-refractivity contribution in [3.63, 3.8) is 0 Å². The Bertz CT molecular complexity index is 1190. The van der Waals surface area contributed by atoms with Crippen LogP contribution in [0.2, 0.25) is 0 Å². The molecule has 3 aromatic rings. The molecule has 2 fully saturated rings. The van der Waals surface area contributed by atoms with Gasteiger partial charge in [0.05, 0.1) is 10.9 Å². The Labute approximate surface area is 179 Å². The first-order valence-corrected chi connectivity index (χ1v) is 10.8. The minimum Gasteiger partial charge on any atom is -0.357 e. The zero-order valence-electron chi connectivity index (χ0n) is 17.2. The summed E-state index contributed by atoms with van der Waals surface area (Å²) < 4.78 is 14.0. The Hall–Kier alpha value is -3.24. The van der Waals surface area contributed by atoms with Crippen LogP contribution in [0.3, 0.4) is 0 Å². The average Bonchev–Trinajstić information content (AvgIpc) is 3.29. The normalized spacial score (nSPS) is 20.3. The molecule has 2 saturated heterocycles. The van der Waals surface area contributed by atoms with Crippen LogP contribution in [0, 0.1) is 17.1 Å². The number of hydrogen-bond acceptors (Lipinski definition) is 5. The summed E-state index contributed by atoms with van der Waals surface area (Å²) in [5.41, 5.74) is 1.15. The first-order valence-electron chi connectivity index (χ1n) is 10.8. The predicted octanol–water partition coefficient (Wildman–Crippen LogP) is 3.39. The van der Waals surface area contributed by atoms with Gasteiger partial charge in [-0.1, -0.05) is 12.1 Å². The van der Waals surface area contributed by atoms with E-state index in [0.29, 0.717) is 17.0 Å². The van der Waals surface area contributed by atoms with Gasteiger partial charge in [-0.3, -0.25) is 9.69 Å². The van der Waals surface area contributed by atoms with E-state index in [1.165, 1.54) is 6.07 Å². The number of H-pyrrole nitrogens is 1. The number of aromatic amines is 1. The van der Waals surface area contributed by atoms with E-state index in [2.05, 4.69) is 25.8 Å². The molecule has 1 atom stereocenters. The van der Waals surface area contributed by atoms with Gasteiger partial charge in [0, 0.05) is 43.5 Å². The molecule has 7 heteroatoms. The Morgan fingerprint density at radius 1 is 1.13 bits per heavy atom. The molecule has 2 aliphatic rings. The number of likely N-dealkylation sites (tertiary alicyclic amines) is 1. The highest BCUT2D eigenvalue weighted by Gasteiger charge is 2.32. The molecule has 0 saturated carbocycles. The van der Waals surface area contributed by atoms with Gasteiger partial charge in [0.1, 0.15) is 17.7 Å². The number of aromatic nitrogens is 2. The van der Waals surface area contributed by atoms with E-state index >= 15 is 0 Å². The number of pyridine rings is 2. The molecule has 158 valence electrons. The SMILES string of the molecule is N#Cc1ccc(N2CCC(N3CCC(c4cc5cccc(F)c5c(=O)[nH]4)C3)CC2)nc1. The molecule has 1 aromatic carbocycles. The lowest BCUT2D eigenvalue weighted by Crippen LogP contribution is -2.44. The van der Waals surface area contributed by atoms with E-state index in [0.717, 1.165) is 57.0 Å². The average molecular weight is 417 g/mol. The van der Waals surface area contributed by atoms with Gasteiger partial charge in [-0.15, -0.1) is 0 Å². The molecule has 0 aliphatic carbocycles. The molecule has 5 rings (SSSR count). The van der Waals surface area contributed by atoms with Crippen molar-refractivity contribution in [2.45, 2.75) is 31.2 Å². The number of hydrogen-bond donors (Lipinski definition) is 1. The van der Waals surface area contributed by atoms with Crippen LogP contribution in [-0.2, 0) is 0 Å². The molecular weight excluding hydrogens is 393 g/mol. The Morgan fingerprint density at radius 3 is 2.71 bits per heavy atom. The van der Waals surface area contributed by atoms with Crippen molar-refractivity contribution in [3.05, 3.63) is 70.0 Å². The van der Waals surface area contributed by atoms with Crippen molar-refractivity contribution in [1.82, 2.24) is 14.9 Å². The van der Waals surface area contributed by atoms with E-state index in [-0.39, 0.29) is 16.9 Å². The standard InChI is InChI=1S/C24H24FN5O/c25-20-3-1-2-17-12-21(28-24(31)23(17)20)18-6-9-30(15-18)19-7-10-29(11-8-19)22-5-4-16(13-26)14-27-22/h1-5,12,14,18-19H,6-11,15H2,(H,28,31). The summed E-state index contributed by atoms with van der Waals surface area (Å²) in [6, 6.07) is 13.1. The fraction of sp³-hybridized carbons (Fsp3) is 0.375. The van der Waals surface area contributed by atoms with Crippen LogP contribution >= 0.6 is 0 Å². The summed E-state index contributed by atoms with van der Waals surface area (Å²) in [5.74, 6) is 0.721. The second-order valence-electron chi connectivity index (χ2n) is 8.47. The number of fused-ring (bicyclic) bond motifs is 1. The van der Waals surface area contributed by atoms with Crippen molar-refractivity contribution >= 4 is 16.6 Å². The smallest absolute Gasteiger partial charge is 0.259 e. The monoisotopic (exact) mass is 417 g/mol. The Morgan fingerprint density at radius 2 is 1.97 bits per heavy atom. The molecule has 2 aliphatic heterocycles. The van der Waals surface area contributed by atoms with Gasteiger partial charge in [0.25, 0.3) is 5.56 Å². The number of anilines is 1. The molecular formula is C24H24FN5O. The van der Waals surface area contributed by atoms with Gasteiger partial charge in [-0.25, -0.2) is 9.37 Å². The number of piperidine rings is 1. The second-order valence-corrected chi connectivity index (χ2v) is 8.47. The molecule has 0 radical (unpaired) electrons. The molecule has 2 aromatic heterocycles. The second kappa shape index (κ2) is 8.12. The van der Waals surface area contributed by atoms with Crippen LogP contribution in [0.4, 0.5) is 10.2 Å². The lowest BCUT2D eigenvalue weighted by Gasteiger charge is -2.37. The third-order valence-electron chi connectivity index (χ3n) is 6.68. The summed E-state index contributed by atoms with van der Waals surface area (Å²) in [6.45, 7) is 3.80. The van der Waals surface area contributed by atoms with E-state index in [4.69, 9.17) is 5.26 Å². The van der Waals surface area contributed by atoms with Gasteiger partial charge in [0.15, 0.2) is 0 Å². The predicted molar refractivity (Wildman–Crippen MR) is 118 cm³/mol. The van der Waals surface area contributed by atoms with Gasteiger partial charge >= 0.3 is 0 Å². The van der Waals surface area contributed by atoms with Crippen LogP contribution in [-0.4, -0.2) is 47.1 Å². The van der Waals surface area contributed by atoms with Crippen molar-refractivity contribution in [1.29, 1.82) is 5.26 Å². The quantitative estimate of drug-likeness (QED) is 0.707. The lowest BCUT2D eigenvalue weighted by atomic mass is 10.0. The Balaban J connectivity index is 1.24. The highest BCUT2D eigenvalue weighted by molar-refractivity contribution is 5.82. The van der Waals surface area contributed by atoms with Crippen LogP contribution in [0.25, 0.3) is 10.8 Å². The van der Waals surface area contributed by atoms with Crippen molar-refractivity contribution in [2.24, 2.45) is 0 Å². The summed E-state index contributed by atoms with van der Waals surface area (Å²) in [4.78, 5) is 24.6. The maximum atomic E-state index is 14.0. The van der Waals surface area contributed by atoms with Crippen LogP contribution < -0.4 is 10.5 Å². The zero-order chi connectivity index (χ0) is 21.4. The fourth-order valence-electron chi connectivity index (χ4n) is 4.99. The molecule has 1 N–H and O–H groups in total. The van der Waals surface area contributed by atoms with E-state index in [1.807, 2.05) is 18.2 Å². The van der Waals surface area contributed by atoms with Gasteiger partial charge in [-0.05, 0) is 55.5 Å². The van der Waals surface area contributed by atoms with Gasteiger partial charge < -0.3 is 9.88 Å². The lowest BCUT2D eigenvalue weighted by molar-refractivity contribution is 0.205. The largest absolute Gasteiger partial charge is 0.357 e. The molecule has 0 bridgehead atoms. The van der Waals surface area contributed by atoms with Gasteiger partial charge in [-0.2, -0.15) is 5.26 Å². The van der Waals surface area contributed by atoms with E-state index < -0.39 is 5.82 Å². The van der Waals surface area contributed by atoms with Crippen molar-refractivity contribution < 1.29 is 4.39 Å². The number of nitrogens with one attached hydrogen (secondary N) is 1. The first kappa shape index (κ1) is 19.7. The van der Waals surface area contributed by atoms with Crippen molar-refractivity contribution in [3.8, 4) is 6.07 Å². The molecule has 0 spiro atoms. The van der Waals surface area contributed by atoms with E-state index in [1.54, 1.807) is 18.3 Å². The number of halogens is 1. The van der Waals surface area contributed by atoms with Crippen molar-refractivity contribution in [2.75, 3.05) is 31.1 Å². The number of nitriles is 1. The number of nitrogens with zero attached hydrogens (tertiary/aromatic N) is 4. The van der Waals surface area contributed by atoms with E-state index in [9.17, 15) is 9.18 Å². The summed E-state index contributed by atoms with van der Waals surface area (Å²) in [5, 5.41) is 9.74. The topological polar surface area (TPSA) is 76.0 Å². The third kappa shape index (κ3) is 3.79. The summed E-state index contributed by atoms with van der Waals surface area (Å²) in [7, 11) is 0. The molecule has 4 heterocycles. The Kier molecular flexibility index (Phi) is 5.16. The van der Waals surface area contributed by atoms with Crippen LogP contribution in [0.1, 0.15) is 36.4 Å². The maximum Gasteiger partial charge on any atom is 0.259 e. The molecule has 1 unspecified atom stereocenters. The highest BCUT2D eigenvalue weighted by Crippen LogP contribution is 2.31. The zero-order valence-corrected chi connectivity index (χ0v) is 17.2. The minimum atomic E-state index is -0.470. The molecule has 31 heavy (non-hydrogen) atoms. The summed E-state index contributed by atoms with van der Waals surface area (Å²) >= 11 is 0. The first-order chi connectivity index (χ1) is 15.1. The van der Waals surface area contributed by atoms with Gasteiger partial charge in [0.2, 0.25) is 0 Å². The molecule has 6 nitrogen and oxygen atoms in total. The maximum absolute atomic E-state index is 14.0. The fourth-order valence-corrected chi connectivity index (χ4v) is 4.99. The number of benzene rings is 1. The highest BCUT2D eigenvalue weighted by atomic mass is 19.1. The van der Waals surface area contributed by atoms with Crippen LogP contribution in [0.15, 0.2) is 47.4 Å². The van der Waals surface area contributed by atoms with Crippen LogP contribution in [0.5, 0.6) is 0 Å². The summed E-state index contributed by atoms with van der Waals surface area (Å²) in [6.07, 6.45) is 4.75. The molecule has 0 amide bonds.